The predicted octanol–water partition coefficient (Wildman–Crippen LogP) is 3.81. The van der Waals surface area contributed by atoms with Crippen molar-refractivity contribution in [1.29, 1.82) is 0 Å². The molecule has 1 aliphatic rings. The fourth-order valence-electron chi connectivity index (χ4n) is 3.38. The summed E-state index contributed by atoms with van der Waals surface area (Å²) in [4.78, 5) is 33.3. The third kappa shape index (κ3) is 6.07. The van der Waals surface area contributed by atoms with Crippen LogP contribution >= 0.6 is 0 Å². The van der Waals surface area contributed by atoms with Gasteiger partial charge >= 0.3 is 12.1 Å². The Hall–Kier alpha value is -4.64. The molecule has 36 heavy (non-hydrogen) atoms. The number of carboxylic acid groups (broad SMARTS) is 1. The van der Waals surface area contributed by atoms with Gasteiger partial charge in [-0.1, -0.05) is 48.5 Å². The molecule has 0 bridgehead atoms. The van der Waals surface area contributed by atoms with Crippen molar-refractivity contribution in [3.05, 3.63) is 95.1 Å². The van der Waals surface area contributed by atoms with Crippen molar-refractivity contribution in [3.8, 4) is 0 Å². The number of rotatable bonds is 5. The van der Waals surface area contributed by atoms with Gasteiger partial charge in [-0.2, -0.15) is 13.2 Å². The maximum atomic E-state index is 12.9. The highest BCUT2D eigenvalue weighted by atomic mass is 19.4. The number of carbonyl (C=O) groups is 3. The largest absolute Gasteiger partial charge is 0.490 e. The first-order valence-corrected chi connectivity index (χ1v) is 10.4. The first kappa shape index (κ1) is 26.0. The smallest absolute Gasteiger partial charge is 0.475 e. The van der Waals surface area contributed by atoms with Crippen LogP contribution in [0.15, 0.2) is 72.8 Å². The zero-order chi connectivity index (χ0) is 26.5. The lowest BCUT2D eigenvalue weighted by Gasteiger charge is -2.15. The lowest BCUT2D eigenvalue weighted by atomic mass is 9.99. The number of aliphatic carboxylic acids is 1. The second kappa shape index (κ2) is 10.7. The number of halogens is 3. The molecule has 0 unspecified atom stereocenters. The Morgan fingerprint density at radius 3 is 2.19 bits per heavy atom. The molecule has 3 aromatic rings. The van der Waals surface area contributed by atoms with Gasteiger partial charge in [-0.15, -0.1) is 0 Å². The highest BCUT2D eigenvalue weighted by Gasteiger charge is 2.38. The Kier molecular flexibility index (Phi) is 7.75. The molecule has 1 aliphatic heterocycles. The molecule has 0 radical (unpaired) electrons. The van der Waals surface area contributed by atoms with E-state index < -0.39 is 18.1 Å². The predicted molar refractivity (Wildman–Crippen MR) is 128 cm³/mol. The van der Waals surface area contributed by atoms with Gasteiger partial charge < -0.3 is 27.2 Å². The van der Waals surface area contributed by atoms with Crippen LogP contribution in [0.1, 0.15) is 27.0 Å². The van der Waals surface area contributed by atoms with Gasteiger partial charge in [-0.25, -0.2) is 4.79 Å². The minimum Gasteiger partial charge on any atom is -0.475 e. The summed E-state index contributed by atoms with van der Waals surface area (Å²) in [5, 5.41) is 13.4. The van der Waals surface area contributed by atoms with E-state index in [0.717, 1.165) is 16.8 Å². The summed E-state index contributed by atoms with van der Waals surface area (Å²) in [6.07, 6.45) is -5.08. The van der Waals surface area contributed by atoms with Crippen molar-refractivity contribution in [1.82, 2.24) is 0 Å². The molecule has 8 nitrogen and oxygen atoms in total. The number of hydrogen-bond acceptors (Lipinski definition) is 5. The minimum absolute atomic E-state index is 0.247. The second-order valence-corrected chi connectivity index (χ2v) is 7.53. The number of primary amides is 1. The van der Waals surface area contributed by atoms with Crippen LogP contribution in [0.2, 0.25) is 0 Å². The van der Waals surface area contributed by atoms with Gasteiger partial charge in [-0.05, 0) is 35.4 Å². The fraction of sp³-hybridized carbons (Fsp3) is 0.0800. The summed E-state index contributed by atoms with van der Waals surface area (Å²) in [7, 11) is 0. The number of amides is 2. The molecule has 1 heterocycles. The molecule has 0 atom stereocenters. The van der Waals surface area contributed by atoms with E-state index in [-0.39, 0.29) is 5.91 Å². The summed E-state index contributed by atoms with van der Waals surface area (Å²) in [5.41, 5.74) is 16.6. The van der Waals surface area contributed by atoms with Crippen molar-refractivity contribution >= 4 is 40.4 Å². The first-order chi connectivity index (χ1) is 17.0. The molecule has 3 aromatic carbocycles. The lowest BCUT2D eigenvalue weighted by molar-refractivity contribution is -0.192. The maximum absolute atomic E-state index is 12.9. The molecule has 0 fully saturated rings. The third-order valence-electron chi connectivity index (χ3n) is 5.04. The lowest BCUT2D eigenvalue weighted by Crippen LogP contribution is -2.21. The molecule has 0 aromatic heterocycles. The minimum atomic E-state index is -5.08. The fourth-order valence-corrected chi connectivity index (χ4v) is 3.38. The summed E-state index contributed by atoms with van der Waals surface area (Å²) >= 11 is 0. The number of benzene rings is 3. The molecule has 2 amide bonds. The number of carbonyl (C=O) groups excluding carboxylic acids is 2. The van der Waals surface area contributed by atoms with E-state index in [1.165, 1.54) is 0 Å². The van der Waals surface area contributed by atoms with Crippen LogP contribution in [0.3, 0.4) is 0 Å². The molecule has 0 spiro atoms. The van der Waals surface area contributed by atoms with Gasteiger partial charge in [0.2, 0.25) is 5.91 Å². The average Bonchev–Trinajstić information content (AvgIpc) is 3.17. The second-order valence-electron chi connectivity index (χ2n) is 7.53. The zero-order valence-corrected chi connectivity index (χ0v) is 18.6. The van der Waals surface area contributed by atoms with Gasteiger partial charge in [-0.3, -0.25) is 9.59 Å². The molecule has 7 N–H and O–H groups in total. The Morgan fingerprint density at radius 2 is 1.61 bits per heavy atom. The molecule has 0 saturated heterocycles. The van der Waals surface area contributed by atoms with Crippen molar-refractivity contribution in [2.75, 3.05) is 10.6 Å². The number of nitrogens with two attached hydrogens (primary N) is 2. The van der Waals surface area contributed by atoms with Crippen LogP contribution in [-0.4, -0.2) is 29.1 Å². The highest BCUT2D eigenvalue weighted by Crippen LogP contribution is 2.38. The van der Waals surface area contributed by atoms with Crippen molar-refractivity contribution < 1.29 is 32.7 Å². The monoisotopic (exact) mass is 498 g/mol. The number of fused-ring (bicyclic) bond motifs is 1. The van der Waals surface area contributed by atoms with Crippen molar-refractivity contribution in [3.63, 3.8) is 0 Å². The molecular weight excluding hydrogens is 477 g/mol. The molecular formula is C25H21F3N4O4. The first-order valence-electron chi connectivity index (χ1n) is 10.4. The van der Waals surface area contributed by atoms with Gasteiger partial charge in [0.05, 0.1) is 11.3 Å². The van der Waals surface area contributed by atoms with Gasteiger partial charge in [0.25, 0.3) is 5.91 Å². The third-order valence-corrected chi connectivity index (χ3v) is 5.04. The van der Waals surface area contributed by atoms with E-state index in [1.807, 2.05) is 54.6 Å². The number of nitrogens with one attached hydrogen (secondary N) is 2. The van der Waals surface area contributed by atoms with Crippen LogP contribution in [0.5, 0.6) is 0 Å². The Bertz CT molecular complexity index is 1340. The topological polar surface area (TPSA) is 148 Å². The van der Waals surface area contributed by atoms with E-state index in [0.29, 0.717) is 34.6 Å². The number of anilines is 2. The average molecular weight is 498 g/mol. The Labute approximate surface area is 203 Å². The quantitative estimate of drug-likeness (QED) is 0.338. The van der Waals surface area contributed by atoms with Crippen LogP contribution in [-0.2, 0) is 16.1 Å². The summed E-state index contributed by atoms with van der Waals surface area (Å²) in [5.74, 6) is -3.55. The molecule has 11 heteroatoms. The molecule has 0 saturated carbocycles. The Balaban J connectivity index is 0.000000454. The SMILES string of the molecule is NCc1cccc(NC(=C2C(=O)Nc3cc(C(N)=O)ccc32)c2ccccc2)c1.O=C(O)C(F)(F)F. The van der Waals surface area contributed by atoms with E-state index >= 15 is 0 Å². The number of carboxylic acids is 1. The molecule has 0 aliphatic carbocycles. The van der Waals surface area contributed by atoms with Gasteiger partial charge in [0.1, 0.15) is 0 Å². The van der Waals surface area contributed by atoms with Crippen molar-refractivity contribution in [2.45, 2.75) is 12.7 Å². The van der Waals surface area contributed by atoms with Crippen LogP contribution in [0.4, 0.5) is 24.5 Å². The molecule has 186 valence electrons. The van der Waals surface area contributed by atoms with Crippen LogP contribution in [0, 0.1) is 0 Å². The standard InChI is InChI=1S/C23H20N4O2.C2HF3O2/c24-13-14-5-4-8-17(11-14)26-21(15-6-2-1-3-7-15)20-18-10-9-16(22(25)28)12-19(18)27-23(20)29;3-2(4,5)1(6)7/h1-12,26H,13,24H2,(H2,25,28)(H,27,29);(H,6,7). The number of alkyl halides is 3. The van der Waals surface area contributed by atoms with E-state index in [2.05, 4.69) is 10.6 Å². The molecule has 4 rings (SSSR count). The van der Waals surface area contributed by atoms with Gasteiger partial charge in [0, 0.05) is 29.0 Å². The van der Waals surface area contributed by atoms with Crippen molar-refractivity contribution in [2.24, 2.45) is 11.5 Å². The summed E-state index contributed by atoms with van der Waals surface area (Å²) in [6.45, 7) is 0.423. The van der Waals surface area contributed by atoms with Crippen LogP contribution in [0.25, 0.3) is 11.3 Å². The Morgan fingerprint density at radius 1 is 0.944 bits per heavy atom. The summed E-state index contributed by atoms with van der Waals surface area (Å²) < 4.78 is 31.7. The number of hydrogen-bond donors (Lipinski definition) is 5. The van der Waals surface area contributed by atoms with E-state index in [9.17, 15) is 22.8 Å². The van der Waals surface area contributed by atoms with E-state index in [1.54, 1.807) is 18.2 Å². The van der Waals surface area contributed by atoms with E-state index in [4.69, 9.17) is 21.4 Å². The zero-order valence-electron chi connectivity index (χ0n) is 18.6. The maximum Gasteiger partial charge on any atom is 0.490 e. The summed E-state index contributed by atoms with van der Waals surface area (Å²) in [6, 6.07) is 22.3. The van der Waals surface area contributed by atoms with Crippen LogP contribution < -0.4 is 22.1 Å². The normalized spacial score (nSPS) is 13.6. The highest BCUT2D eigenvalue weighted by molar-refractivity contribution is 6.37. The van der Waals surface area contributed by atoms with Gasteiger partial charge in [0.15, 0.2) is 0 Å².